The lowest BCUT2D eigenvalue weighted by Crippen LogP contribution is -2.10. The molecule has 0 saturated heterocycles. The minimum atomic E-state index is 0.673. The first-order valence-corrected chi connectivity index (χ1v) is 6.38. The molecule has 88 valence electrons. The van der Waals surface area contributed by atoms with Crippen LogP contribution in [0.5, 0.6) is 0 Å². The Morgan fingerprint density at radius 1 is 1.50 bits per heavy atom. The molecule has 0 spiro atoms. The molecule has 5 heteroatoms. The van der Waals surface area contributed by atoms with Crippen LogP contribution in [0.3, 0.4) is 0 Å². The molecule has 0 unspecified atom stereocenters. The van der Waals surface area contributed by atoms with Gasteiger partial charge in [0.2, 0.25) is 0 Å². The van der Waals surface area contributed by atoms with E-state index < -0.39 is 0 Å². The molecule has 4 nitrogen and oxygen atoms in total. The summed E-state index contributed by atoms with van der Waals surface area (Å²) in [4.78, 5) is 8.21. The lowest BCUT2D eigenvalue weighted by Gasteiger charge is -2.06. The van der Waals surface area contributed by atoms with Crippen molar-refractivity contribution in [2.24, 2.45) is 0 Å². The van der Waals surface area contributed by atoms with Gasteiger partial charge in [-0.1, -0.05) is 6.08 Å². The van der Waals surface area contributed by atoms with Gasteiger partial charge >= 0.3 is 0 Å². The van der Waals surface area contributed by atoms with Crippen LogP contribution in [0.1, 0.15) is 6.42 Å². The molecule has 1 aromatic rings. The average molecular weight is 239 g/mol. The van der Waals surface area contributed by atoms with E-state index in [-0.39, 0.29) is 0 Å². The minimum absolute atomic E-state index is 0.673. The number of hydrogen-bond donors (Lipinski definition) is 1. The Labute approximate surface area is 101 Å². The van der Waals surface area contributed by atoms with E-state index in [9.17, 15) is 0 Å². The van der Waals surface area contributed by atoms with Gasteiger partial charge in [0, 0.05) is 12.6 Å². The highest BCUT2D eigenvalue weighted by Gasteiger charge is 1.96. The first kappa shape index (κ1) is 13.0. The van der Waals surface area contributed by atoms with Crippen LogP contribution in [-0.4, -0.2) is 36.0 Å². The van der Waals surface area contributed by atoms with E-state index in [0.29, 0.717) is 6.61 Å². The zero-order valence-corrected chi connectivity index (χ0v) is 10.3. The number of nitrogens with one attached hydrogen (secondary N) is 1. The minimum Gasteiger partial charge on any atom is -0.379 e. The highest BCUT2D eigenvalue weighted by Crippen LogP contribution is 2.13. The van der Waals surface area contributed by atoms with E-state index >= 15 is 0 Å². The fraction of sp³-hybridized carbons (Fsp3) is 0.455. The molecule has 0 radical (unpaired) electrons. The van der Waals surface area contributed by atoms with Crippen molar-refractivity contribution in [3.8, 4) is 0 Å². The Kier molecular flexibility index (Phi) is 6.60. The summed E-state index contributed by atoms with van der Waals surface area (Å²) < 4.78 is 5.37. The van der Waals surface area contributed by atoms with E-state index in [2.05, 4.69) is 21.9 Å². The molecule has 0 amide bonds. The van der Waals surface area contributed by atoms with Crippen LogP contribution in [0.2, 0.25) is 0 Å². The average Bonchev–Trinajstić information content (AvgIpc) is 2.34. The van der Waals surface area contributed by atoms with Gasteiger partial charge in [-0.05, 0) is 12.7 Å². The van der Waals surface area contributed by atoms with Crippen molar-refractivity contribution in [2.75, 3.05) is 31.3 Å². The first-order valence-electron chi connectivity index (χ1n) is 5.15. The summed E-state index contributed by atoms with van der Waals surface area (Å²) in [6.07, 6.45) is 6.30. The molecule has 0 atom stereocenters. The lowest BCUT2D eigenvalue weighted by molar-refractivity contribution is 0.149. The fourth-order valence-corrected chi connectivity index (χ4v) is 1.45. The molecule has 0 fully saturated rings. The molecule has 1 aromatic heterocycles. The maximum atomic E-state index is 5.37. The quantitative estimate of drug-likeness (QED) is 0.326. The summed E-state index contributed by atoms with van der Waals surface area (Å²) in [6.45, 7) is 5.78. The number of rotatable bonds is 8. The Bertz CT molecular complexity index is 320. The zero-order chi connectivity index (χ0) is 11.6. The van der Waals surface area contributed by atoms with Gasteiger partial charge in [-0.15, -0.1) is 18.3 Å². The van der Waals surface area contributed by atoms with Gasteiger partial charge in [0.25, 0.3) is 0 Å². The largest absolute Gasteiger partial charge is 0.379 e. The Morgan fingerprint density at radius 2 is 2.38 bits per heavy atom. The molecule has 0 saturated carbocycles. The molecular weight excluding hydrogens is 222 g/mol. The highest BCUT2D eigenvalue weighted by atomic mass is 32.2. The van der Waals surface area contributed by atoms with Crippen LogP contribution in [0.25, 0.3) is 0 Å². The molecule has 1 heterocycles. The fourth-order valence-electron chi connectivity index (χ4n) is 1.07. The van der Waals surface area contributed by atoms with Gasteiger partial charge in [-0.3, -0.25) is 0 Å². The molecule has 0 aromatic carbocycles. The topological polar surface area (TPSA) is 47.0 Å². The number of anilines is 1. The number of hydrogen-bond acceptors (Lipinski definition) is 5. The van der Waals surface area contributed by atoms with Crippen LogP contribution in [0, 0.1) is 0 Å². The van der Waals surface area contributed by atoms with Crippen LogP contribution >= 0.6 is 11.8 Å². The molecule has 0 aliphatic carbocycles. The second-order valence-electron chi connectivity index (χ2n) is 3.06. The summed E-state index contributed by atoms with van der Waals surface area (Å²) in [5, 5.41) is 4.14. The molecular formula is C11H17N3OS. The third kappa shape index (κ3) is 5.14. The van der Waals surface area contributed by atoms with Crippen LogP contribution < -0.4 is 5.32 Å². The van der Waals surface area contributed by atoms with Crippen molar-refractivity contribution < 1.29 is 4.74 Å². The Hall–Kier alpha value is -1.07. The summed E-state index contributed by atoms with van der Waals surface area (Å²) in [5.74, 6) is 0.840. The Morgan fingerprint density at radius 3 is 3.12 bits per heavy atom. The molecule has 1 N–H and O–H groups in total. The van der Waals surface area contributed by atoms with Crippen molar-refractivity contribution in [3.63, 3.8) is 0 Å². The van der Waals surface area contributed by atoms with Gasteiger partial charge in [0.15, 0.2) is 0 Å². The molecule has 0 aliphatic rings. The van der Waals surface area contributed by atoms with Crippen molar-refractivity contribution in [3.05, 3.63) is 25.0 Å². The maximum Gasteiger partial charge on any atom is 0.130 e. The number of thioether (sulfide) groups is 1. The van der Waals surface area contributed by atoms with E-state index in [0.717, 1.165) is 30.4 Å². The van der Waals surface area contributed by atoms with Crippen LogP contribution in [-0.2, 0) is 4.74 Å². The molecule has 0 bridgehead atoms. The number of ether oxygens (including phenoxy) is 1. The highest BCUT2D eigenvalue weighted by molar-refractivity contribution is 7.98. The van der Waals surface area contributed by atoms with E-state index in [1.807, 2.05) is 18.4 Å². The van der Waals surface area contributed by atoms with E-state index in [1.54, 1.807) is 18.1 Å². The van der Waals surface area contributed by atoms with E-state index in [4.69, 9.17) is 4.74 Å². The van der Waals surface area contributed by atoms with Crippen LogP contribution in [0.15, 0.2) is 30.1 Å². The van der Waals surface area contributed by atoms with Crippen molar-refractivity contribution in [1.82, 2.24) is 9.97 Å². The third-order valence-corrected chi connectivity index (χ3v) is 2.51. The van der Waals surface area contributed by atoms with Crippen molar-refractivity contribution >= 4 is 17.6 Å². The smallest absolute Gasteiger partial charge is 0.130 e. The zero-order valence-electron chi connectivity index (χ0n) is 9.48. The second-order valence-corrected chi connectivity index (χ2v) is 3.89. The van der Waals surface area contributed by atoms with Gasteiger partial charge in [-0.25, -0.2) is 9.97 Å². The van der Waals surface area contributed by atoms with Gasteiger partial charge < -0.3 is 10.1 Å². The summed E-state index contributed by atoms with van der Waals surface area (Å²) >= 11 is 1.60. The summed E-state index contributed by atoms with van der Waals surface area (Å²) in [7, 11) is 0. The van der Waals surface area contributed by atoms with Crippen LogP contribution in [0.4, 0.5) is 5.82 Å². The molecule has 1 rings (SSSR count). The van der Waals surface area contributed by atoms with Crippen molar-refractivity contribution in [1.29, 1.82) is 0 Å². The normalized spacial score (nSPS) is 10.1. The van der Waals surface area contributed by atoms with Gasteiger partial charge in [0.1, 0.15) is 17.2 Å². The lowest BCUT2D eigenvalue weighted by atomic mass is 10.4. The predicted octanol–water partition coefficient (Wildman–Crippen LogP) is 2.20. The van der Waals surface area contributed by atoms with Crippen molar-refractivity contribution in [2.45, 2.75) is 11.4 Å². The van der Waals surface area contributed by atoms with Gasteiger partial charge in [0.05, 0.1) is 13.2 Å². The predicted molar refractivity (Wildman–Crippen MR) is 67.9 cm³/mol. The number of aromatic nitrogens is 2. The first-order chi connectivity index (χ1) is 7.86. The maximum absolute atomic E-state index is 5.37. The molecule has 0 aliphatic heterocycles. The number of nitrogens with zero attached hydrogens (tertiary/aromatic N) is 2. The third-order valence-electron chi connectivity index (χ3n) is 1.87. The van der Waals surface area contributed by atoms with E-state index in [1.165, 1.54) is 0 Å². The molecule has 16 heavy (non-hydrogen) atoms. The van der Waals surface area contributed by atoms with Gasteiger partial charge in [-0.2, -0.15) is 0 Å². The monoisotopic (exact) mass is 239 g/mol. The standard InChI is InChI=1S/C11H17N3OS/c1-3-4-6-15-7-5-12-10-8-11(16-2)14-9-13-10/h3,8-9H,1,4-7H2,2H3,(H,12,13,14). The summed E-state index contributed by atoms with van der Waals surface area (Å²) in [6, 6.07) is 1.93. The Balaban J connectivity index is 2.18. The second kappa shape index (κ2) is 8.13. The SMILES string of the molecule is C=CCCOCCNc1cc(SC)ncn1. The summed E-state index contributed by atoms with van der Waals surface area (Å²) in [5.41, 5.74) is 0.